The van der Waals surface area contributed by atoms with Gasteiger partial charge in [0.15, 0.2) is 5.76 Å². The number of ketones is 1. The maximum Gasteiger partial charge on any atom is 0.235 e. The van der Waals surface area contributed by atoms with Crippen LogP contribution < -0.4 is 9.47 Å². The summed E-state index contributed by atoms with van der Waals surface area (Å²) in [6.45, 7) is 3.43. The smallest absolute Gasteiger partial charge is 0.235 e. The molecule has 0 amide bonds. The minimum atomic E-state index is -0.431. The fraction of sp³-hybridized carbons (Fsp3) is 0.167. The summed E-state index contributed by atoms with van der Waals surface area (Å²) in [5, 5.41) is 20.8. The molecule has 8 heteroatoms. The molecule has 1 aliphatic rings. The van der Waals surface area contributed by atoms with E-state index in [1.807, 2.05) is 35.9 Å². The van der Waals surface area contributed by atoms with Gasteiger partial charge in [0.25, 0.3) is 0 Å². The van der Waals surface area contributed by atoms with E-state index in [-0.39, 0.29) is 28.6 Å². The van der Waals surface area contributed by atoms with E-state index < -0.39 is 5.78 Å². The number of phenols is 2. The van der Waals surface area contributed by atoms with Gasteiger partial charge in [-0.05, 0) is 31.2 Å². The van der Waals surface area contributed by atoms with Crippen LogP contribution in [0, 0.1) is 6.92 Å². The van der Waals surface area contributed by atoms with Crippen LogP contribution in [-0.2, 0) is 13.1 Å². The molecule has 0 bridgehead atoms. The fourth-order valence-electron chi connectivity index (χ4n) is 4.13. The second-order valence-corrected chi connectivity index (χ2v) is 7.61. The standard InChI is InChI=1S/C24H21N3O5/c1-14-17(12-22-24(30)23-20(29)9-15(28)10-21(23)32-22)18-11-16(31-2)3-4-19(18)27(14)8-7-26-6-5-25-13-26/h3-6,9-13,28-29H,7-8H2,1-2H3/b22-12-. The third kappa shape index (κ3) is 3.17. The quantitative estimate of drug-likeness (QED) is 0.465. The number of hydrogen-bond acceptors (Lipinski definition) is 6. The first-order valence-corrected chi connectivity index (χ1v) is 10.1. The molecule has 0 saturated heterocycles. The molecule has 4 aromatic rings. The van der Waals surface area contributed by atoms with Gasteiger partial charge in [-0.2, -0.15) is 0 Å². The topological polar surface area (TPSA) is 98.7 Å². The molecule has 162 valence electrons. The lowest BCUT2D eigenvalue weighted by atomic mass is 10.1. The van der Waals surface area contributed by atoms with Gasteiger partial charge >= 0.3 is 0 Å². The molecule has 2 aromatic carbocycles. The highest BCUT2D eigenvalue weighted by Crippen LogP contribution is 2.41. The Balaban J connectivity index is 1.61. The molecular formula is C24H21N3O5. The van der Waals surface area contributed by atoms with E-state index in [0.717, 1.165) is 34.8 Å². The molecule has 5 rings (SSSR count). The number of aromatic nitrogens is 3. The second-order valence-electron chi connectivity index (χ2n) is 7.61. The van der Waals surface area contributed by atoms with E-state index in [1.165, 1.54) is 6.07 Å². The van der Waals surface area contributed by atoms with Gasteiger partial charge in [0.05, 0.1) is 13.4 Å². The van der Waals surface area contributed by atoms with E-state index in [9.17, 15) is 15.0 Å². The lowest BCUT2D eigenvalue weighted by Crippen LogP contribution is -2.07. The number of aromatic hydroxyl groups is 2. The zero-order valence-corrected chi connectivity index (χ0v) is 17.6. The minimum Gasteiger partial charge on any atom is -0.508 e. The SMILES string of the molecule is COc1ccc2c(c1)c(/C=C1\Oc3cc(O)cc(O)c3C1=O)c(C)n2CCn1ccnc1. The van der Waals surface area contributed by atoms with E-state index in [2.05, 4.69) is 9.55 Å². The lowest BCUT2D eigenvalue weighted by molar-refractivity contribution is 0.101. The number of methoxy groups -OCH3 is 1. The Labute approximate surface area is 183 Å². The second kappa shape index (κ2) is 7.49. The Morgan fingerprint density at radius 3 is 2.78 bits per heavy atom. The van der Waals surface area contributed by atoms with Crippen LogP contribution in [0.15, 0.2) is 54.8 Å². The summed E-state index contributed by atoms with van der Waals surface area (Å²) >= 11 is 0. The summed E-state index contributed by atoms with van der Waals surface area (Å²) in [4.78, 5) is 17.0. The highest BCUT2D eigenvalue weighted by molar-refractivity contribution is 6.17. The third-order valence-corrected chi connectivity index (χ3v) is 5.73. The van der Waals surface area contributed by atoms with Crippen LogP contribution in [0.2, 0.25) is 0 Å². The average molecular weight is 431 g/mol. The van der Waals surface area contributed by atoms with E-state index in [1.54, 1.807) is 25.7 Å². The fourth-order valence-corrected chi connectivity index (χ4v) is 4.13. The van der Waals surface area contributed by atoms with E-state index >= 15 is 0 Å². The van der Waals surface area contributed by atoms with Crippen LogP contribution in [0.25, 0.3) is 17.0 Å². The number of carbonyl (C=O) groups excluding carboxylic acids is 1. The summed E-state index contributed by atoms with van der Waals surface area (Å²) in [6.07, 6.45) is 7.12. The molecular weight excluding hydrogens is 410 g/mol. The Morgan fingerprint density at radius 1 is 1.19 bits per heavy atom. The monoisotopic (exact) mass is 431 g/mol. The summed E-state index contributed by atoms with van der Waals surface area (Å²) < 4.78 is 15.3. The Morgan fingerprint density at radius 2 is 2.03 bits per heavy atom. The largest absolute Gasteiger partial charge is 0.508 e. The van der Waals surface area contributed by atoms with Crippen molar-refractivity contribution in [3.05, 3.63) is 71.6 Å². The predicted octanol–water partition coefficient (Wildman–Crippen LogP) is 3.88. The van der Waals surface area contributed by atoms with Gasteiger partial charge in [-0.1, -0.05) is 0 Å². The maximum absolute atomic E-state index is 12.9. The number of allylic oxidation sites excluding steroid dienone is 1. The van der Waals surface area contributed by atoms with Gasteiger partial charge in [-0.15, -0.1) is 0 Å². The zero-order chi connectivity index (χ0) is 22.4. The van der Waals surface area contributed by atoms with Crippen LogP contribution in [0.5, 0.6) is 23.0 Å². The highest BCUT2D eigenvalue weighted by Gasteiger charge is 2.32. The summed E-state index contributed by atoms with van der Waals surface area (Å²) in [7, 11) is 1.61. The molecule has 0 radical (unpaired) electrons. The summed E-state index contributed by atoms with van der Waals surface area (Å²) in [5.74, 6) is 0.00715. The molecule has 2 N–H and O–H groups in total. The van der Waals surface area contributed by atoms with Gasteiger partial charge in [-0.3, -0.25) is 4.79 Å². The van der Waals surface area contributed by atoms with Crippen LogP contribution in [0.3, 0.4) is 0 Å². The Kier molecular flexibility index (Phi) is 4.62. The maximum atomic E-state index is 12.9. The van der Waals surface area contributed by atoms with Crippen molar-refractivity contribution >= 4 is 22.8 Å². The molecule has 0 unspecified atom stereocenters. The zero-order valence-electron chi connectivity index (χ0n) is 17.6. The predicted molar refractivity (Wildman–Crippen MR) is 118 cm³/mol. The minimum absolute atomic E-state index is 0.0492. The van der Waals surface area contributed by atoms with E-state index in [4.69, 9.17) is 9.47 Å². The number of imidazole rings is 1. The van der Waals surface area contributed by atoms with E-state index in [0.29, 0.717) is 12.3 Å². The molecule has 0 spiro atoms. The van der Waals surface area contributed by atoms with Crippen LogP contribution in [0.1, 0.15) is 21.6 Å². The van der Waals surface area contributed by atoms with Crippen molar-refractivity contribution in [3.8, 4) is 23.0 Å². The number of hydrogen-bond donors (Lipinski definition) is 2. The third-order valence-electron chi connectivity index (χ3n) is 5.73. The number of carbonyl (C=O) groups is 1. The highest BCUT2D eigenvalue weighted by atomic mass is 16.5. The lowest BCUT2D eigenvalue weighted by Gasteiger charge is -2.09. The molecule has 0 fully saturated rings. The number of Topliss-reactive ketones (excluding diaryl/α,β-unsaturated/α-hetero) is 1. The number of fused-ring (bicyclic) bond motifs is 2. The van der Waals surface area contributed by atoms with Crippen molar-refractivity contribution in [2.75, 3.05) is 7.11 Å². The molecule has 2 aromatic heterocycles. The van der Waals surface area contributed by atoms with Gasteiger partial charge < -0.3 is 28.8 Å². The van der Waals surface area contributed by atoms with Crippen molar-refractivity contribution in [2.45, 2.75) is 20.0 Å². The number of benzene rings is 2. The molecule has 0 aliphatic carbocycles. The van der Waals surface area contributed by atoms with Crippen molar-refractivity contribution in [1.82, 2.24) is 14.1 Å². The molecule has 0 atom stereocenters. The van der Waals surface area contributed by atoms with Gasteiger partial charge in [0, 0.05) is 59.8 Å². The van der Waals surface area contributed by atoms with Gasteiger partial charge in [-0.25, -0.2) is 4.98 Å². The van der Waals surface area contributed by atoms with Crippen molar-refractivity contribution in [3.63, 3.8) is 0 Å². The first-order chi connectivity index (χ1) is 15.5. The van der Waals surface area contributed by atoms with Gasteiger partial charge in [0.1, 0.15) is 28.6 Å². The number of aryl methyl sites for hydroxylation is 2. The molecule has 0 saturated carbocycles. The van der Waals surface area contributed by atoms with Crippen LogP contribution >= 0.6 is 0 Å². The first-order valence-electron chi connectivity index (χ1n) is 10.1. The average Bonchev–Trinajstić information content (AvgIpc) is 3.45. The number of nitrogens with zero attached hydrogens (tertiary/aromatic N) is 3. The normalized spacial score (nSPS) is 14.2. The van der Waals surface area contributed by atoms with Crippen LogP contribution in [-0.4, -0.2) is 37.2 Å². The molecule has 8 nitrogen and oxygen atoms in total. The van der Waals surface area contributed by atoms with Crippen molar-refractivity contribution < 1.29 is 24.5 Å². The molecule has 3 heterocycles. The molecule has 1 aliphatic heterocycles. The number of rotatable bonds is 5. The van der Waals surface area contributed by atoms with Gasteiger partial charge in [0.2, 0.25) is 5.78 Å². The first kappa shape index (κ1) is 19.7. The van der Waals surface area contributed by atoms with Crippen molar-refractivity contribution in [1.29, 1.82) is 0 Å². The summed E-state index contributed by atoms with van der Waals surface area (Å²) in [5.41, 5.74) is 2.83. The molecule has 32 heavy (non-hydrogen) atoms. The number of phenolic OH excluding ortho intramolecular Hbond substituents is 2. The van der Waals surface area contributed by atoms with Crippen LogP contribution in [0.4, 0.5) is 0 Å². The Hall–Kier alpha value is -4.20. The Bertz CT molecular complexity index is 1380. The summed E-state index contributed by atoms with van der Waals surface area (Å²) in [6, 6.07) is 8.27. The number of ether oxygens (including phenoxy) is 2. The van der Waals surface area contributed by atoms with Crippen molar-refractivity contribution in [2.24, 2.45) is 0 Å².